The van der Waals surface area contributed by atoms with Crippen LogP contribution in [0.5, 0.6) is 0 Å². The van der Waals surface area contributed by atoms with Crippen molar-refractivity contribution in [3.63, 3.8) is 0 Å². The molecule has 2 aromatic rings. The number of nitrogens with one attached hydrogen (secondary N) is 1. The van der Waals surface area contributed by atoms with Crippen LogP contribution in [0.15, 0.2) is 66.7 Å². The maximum atomic E-state index is 3.48. The predicted octanol–water partition coefficient (Wildman–Crippen LogP) is 4.05. The highest BCUT2D eigenvalue weighted by Crippen LogP contribution is 2.10. The SMILES string of the molecule is C[C@@H](NC/C=C\c1ccccc1)c1ccccc1. The summed E-state index contributed by atoms with van der Waals surface area (Å²) in [6.45, 7) is 3.07. The minimum absolute atomic E-state index is 0.381. The van der Waals surface area contributed by atoms with Crippen LogP contribution in [-0.4, -0.2) is 6.54 Å². The van der Waals surface area contributed by atoms with Gasteiger partial charge in [-0.3, -0.25) is 0 Å². The molecule has 0 spiro atoms. The fraction of sp³-hybridized carbons (Fsp3) is 0.176. The molecule has 0 bridgehead atoms. The summed E-state index contributed by atoms with van der Waals surface area (Å²) < 4.78 is 0. The second kappa shape index (κ2) is 6.77. The second-order valence-electron chi connectivity index (χ2n) is 4.35. The third kappa shape index (κ3) is 3.86. The van der Waals surface area contributed by atoms with Gasteiger partial charge in [0.05, 0.1) is 0 Å². The fourth-order valence-corrected chi connectivity index (χ4v) is 1.86. The third-order valence-corrected chi connectivity index (χ3v) is 2.95. The quantitative estimate of drug-likeness (QED) is 0.827. The molecule has 0 aromatic heterocycles. The molecule has 0 aliphatic carbocycles. The molecule has 18 heavy (non-hydrogen) atoms. The van der Waals surface area contributed by atoms with Crippen molar-refractivity contribution in [3.05, 3.63) is 77.9 Å². The van der Waals surface area contributed by atoms with Crippen molar-refractivity contribution in [3.8, 4) is 0 Å². The van der Waals surface area contributed by atoms with Gasteiger partial charge in [0.1, 0.15) is 0 Å². The van der Waals surface area contributed by atoms with Gasteiger partial charge in [-0.2, -0.15) is 0 Å². The molecule has 0 heterocycles. The summed E-state index contributed by atoms with van der Waals surface area (Å²) in [5.74, 6) is 0. The van der Waals surface area contributed by atoms with Crippen molar-refractivity contribution in [1.82, 2.24) is 5.32 Å². The lowest BCUT2D eigenvalue weighted by atomic mass is 10.1. The first kappa shape index (κ1) is 12.6. The van der Waals surface area contributed by atoms with E-state index in [0.29, 0.717) is 6.04 Å². The molecule has 0 saturated carbocycles. The van der Waals surface area contributed by atoms with Crippen LogP contribution in [0.2, 0.25) is 0 Å². The third-order valence-electron chi connectivity index (χ3n) is 2.95. The van der Waals surface area contributed by atoms with Crippen LogP contribution in [0, 0.1) is 0 Å². The van der Waals surface area contributed by atoms with E-state index in [1.54, 1.807) is 0 Å². The molecular formula is C17H19N. The Morgan fingerprint density at radius 2 is 1.56 bits per heavy atom. The molecule has 0 radical (unpaired) electrons. The highest BCUT2D eigenvalue weighted by Gasteiger charge is 2.00. The van der Waals surface area contributed by atoms with E-state index in [2.05, 4.69) is 72.9 Å². The van der Waals surface area contributed by atoms with Gasteiger partial charge in [0.25, 0.3) is 0 Å². The summed E-state index contributed by atoms with van der Waals surface area (Å²) in [6.07, 6.45) is 4.31. The molecule has 0 aliphatic rings. The number of rotatable bonds is 5. The Balaban J connectivity index is 1.81. The first-order valence-electron chi connectivity index (χ1n) is 6.36. The zero-order valence-corrected chi connectivity index (χ0v) is 10.7. The molecule has 0 fully saturated rings. The molecule has 0 aliphatic heterocycles. The van der Waals surface area contributed by atoms with Crippen LogP contribution >= 0.6 is 0 Å². The Morgan fingerprint density at radius 3 is 2.22 bits per heavy atom. The molecule has 1 atom stereocenters. The first-order valence-corrected chi connectivity index (χ1v) is 6.36. The monoisotopic (exact) mass is 237 g/mol. The van der Waals surface area contributed by atoms with Crippen LogP contribution in [0.3, 0.4) is 0 Å². The first-order chi connectivity index (χ1) is 8.86. The molecule has 0 unspecified atom stereocenters. The molecule has 2 aromatic carbocycles. The van der Waals surface area contributed by atoms with Gasteiger partial charge >= 0.3 is 0 Å². The van der Waals surface area contributed by atoms with E-state index < -0.39 is 0 Å². The van der Waals surface area contributed by atoms with Crippen molar-refractivity contribution in [2.75, 3.05) is 6.54 Å². The lowest BCUT2D eigenvalue weighted by Gasteiger charge is -2.12. The Labute approximate surface area is 109 Å². The average molecular weight is 237 g/mol. The lowest BCUT2D eigenvalue weighted by molar-refractivity contribution is 0.618. The predicted molar refractivity (Wildman–Crippen MR) is 78.3 cm³/mol. The molecule has 1 heteroatoms. The second-order valence-corrected chi connectivity index (χ2v) is 4.35. The van der Waals surface area contributed by atoms with Gasteiger partial charge in [-0.1, -0.05) is 72.8 Å². The van der Waals surface area contributed by atoms with E-state index in [9.17, 15) is 0 Å². The van der Waals surface area contributed by atoms with Crippen molar-refractivity contribution in [1.29, 1.82) is 0 Å². The molecule has 0 amide bonds. The van der Waals surface area contributed by atoms with E-state index in [0.717, 1.165) is 6.54 Å². The Kier molecular flexibility index (Phi) is 4.74. The normalized spacial score (nSPS) is 12.7. The summed E-state index contributed by atoms with van der Waals surface area (Å²) in [7, 11) is 0. The van der Waals surface area contributed by atoms with Crippen LogP contribution in [0.4, 0.5) is 0 Å². The van der Waals surface area contributed by atoms with Crippen LogP contribution < -0.4 is 5.32 Å². The summed E-state index contributed by atoms with van der Waals surface area (Å²) in [6, 6.07) is 21.2. The van der Waals surface area contributed by atoms with Crippen LogP contribution in [0.1, 0.15) is 24.1 Å². The standard InChI is InChI=1S/C17H19N/c1-15(17-12-6-3-7-13-17)18-14-8-11-16-9-4-2-5-10-16/h2-13,15,18H,14H2,1H3/b11-8-/t15-/m1/s1. The number of hydrogen-bond acceptors (Lipinski definition) is 1. The molecule has 92 valence electrons. The largest absolute Gasteiger partial charge is 0.307 e. The lowest BCUT2D eigenvalue weighted by Crippen LogP contribution is -2.18. The zero-order valence-electron chi connectivity index (χ0n) is 10.7. The molecule has 1 N–H and O–H groups in total. The minimum atomic E-state index is 0.381. The van der Waals surface area contributed by atoms with Gasteiger partial charge < -0.3 is 5.32 Å². The Bertz CT molecular complexity index is 473. The van der Waals surface area contributed by atoms with E-state index in [1.807, 2.05) is 12.1 Å². The molecule has 2 rings (SSSR count). The average Bonchev–Trinajstić information content (AvgIpc) is 2.45. The van der Waals surface area contributed by atoms with E-state index in [4.69, 9.17) is 0 Å². The van der Waals surface area contributed by atoms with Gasteiger partial charge in [0.15, 0.2) is 0 Å². The minimum Gasteiger partial charge on any atom is -0.307 e. The van der Waals surface area contributed by atoms with Crippen molar-refractivity contribution >= 4 is 6.08 Å². The number of hydrogen-bond donors (Lipinski definition) is 1. The van der Waals surface area contributed by atoms with Gasteiger partial charge in [0, 0.05) is 12.6 Å². The van der Waals surface area contributed by atoms with Crippen LogP contribution in [0.25, 0.3) is 6.08 Å². The molecule has 1 nitrogen and oxygen atoms in total. The summed E-state index contributed by atoms with van der Waals surface area (Å²) in [4.78, 5) is 0. The molecular weight excluding hydrogens is 218 g/mol. The van der Waals surface area contributed by atoms with E-state index in [1.165, 1.54) is 11.1 Å². The fourth-order valence-electron chi connectivity index (χ4n) is 1.86. The van der Waals surface area contributed by atoms with Gasteiger partial charge in [-0.05, 0) is 18.1 Å². The van der Waals surface area contributed by atoms with Gasteiger partial charge in [-0.25, -0.2) is 0 Å². The Morgan fingerprint density at radius 1 is 0.944 bits per heavy atom. The maximum Gasteiger partial charge on any atom is 0.0294 e. The smallest absolute Gasteiger partial charge is 0.0294 e. The Hall–Kier alpha value is -1.86. The topological polar surface area (TPSA) is 12.0 Å². The number of benzene rings is 2. The van der Waals surface area contributed by atoms with Gasteiger partial charge in [-0.15, -0.1) is 0 Å². The molecule has 0 saturated heterocycles. The van der Waals surface area contributed by atoms with Crippen LogP contribution in [-0.2, 0) is 0 Å². The highest BCUT2D eigenvalue weighted by molar-refractivity contribution is 5.48. The van der Waals surface area contributed by atoms with E-state index in [-0.39, 0.29) is 0 Å². The van der Waals surface area contributed by atoms with E-state index >= 15 is 0 Å². The summed E-state index contributed by atoms with van der Waals surface area (Å²) in [5.41, 5.74) is 2.57. The van der Waals surface area contributed by atoms with Crippen molar-refractivity contribution in [2.45, 2.75) is 13.0 Å². The maximum absolute atomic E-state index is 3.48. The summed E-state index contributed by atoms with van der Waals surface area (Å²) >= 11 is 0. The summed E-state index contributed by atoms with van der Waals surface area (Å²) in [5, 5.41) is 3.48. The van der Waals surface area contributed by atoms with Crippen molar-refractivity contribution < 1.29 is 0 Å². The zero-order chi connectivity index (χ0) is 12.6. The van der Waals surface area contributed by atoms with Crippen molar-refractivity contribution in [2.24, 2.45) is 0 Å². The van der Waals surface area contributed by atoms with Gasteiger partial charge in [0.2, 0.25) is 0 Å². The highest BCUT2D eigenvalue weighted by atomic mass is 14.9.